The number of rotatable bonds is 4. The SMILES string of the molecule is CCCc1c(O)c(O)c(CCC)c2c1Oc1ccc(Cl)c(Cl)c1O2. The summed E-state index contributed by atoms with van der Waals surface area (Å²) < 4.78 is 12.0. The molecular weight excluding hydrogens is 351 g/mol. The van der Waals surface area contributed by atoms with Gasteiger partial charge in [0.15, 0.2) is 34.5 Å². The first-order valence-corrected chi connectivity index (χ1v) is 8.68. The molecule has 0 spiro atoms. The number of benzene rings is 2. The predicted octanol–water partition coefficient (Wildman–Crippen LogP) is 6.21. The summed E-state index contributed by atoms with van der Waals surface area (Å²) in [5.74, 6) is 1.27. The maximum absolute atomic E-state index is 10.4. The van der Waals surface area contributed by atoms with Gasteiger partial charge in [-0.25, -0.2) is 0 Å². The number of hydrogen-bond donors (Lipinski definition) is 2. The highest BCUT2D eigenvalue weighted by atomic mass is 35.5. The van der Waals surface area contributed by atoms with Crippen molar-refractivity contribution in [2.45, 2.75) is 39.5 Å². The molecule has 6 heteroatoms. The molecule has 128 valence electrons. The lowest BCUT2D eigenvalue weighted by molar-refractivity contribution is 0.335. The normalized spacial score (nSPS) is 12.2. The average Bonchev–Trinajstić information content (AvgIpc) is 2.58. The molecule has 0 aromatic heterocycles. The van der Waals surface area contributed by atoms with E-state index in [0.717, 1.165) is 12.8 Å². The van der Waals surface area contributed by atoms with Crippen LogP contribution in [0.1, 0.15) is 37.8 Å². The molecule has 0 fully saturated rings. The van der Waals surface area contributed by atoms with Crippen LogP contribution in [0, 0.1) is 0 Å². The van der Waals surface area contributed by atoms with Crippen molar-refractivity contribution in [1.82, 2.24) is 0 Å². The predicted molar refractivity (Wildman–Crippen MR) is 94.4 cm³/mol. The molecule has 3 rings (SSSR count). The number of ether oxygens (including phenoxy) is 2. The summed E-state index contributed by atoms with van der Waals surface area (Å²) in [4.78, 5) is 0. The summed E-state index contributed by atoms with van der Waals surface area (Å²) in [5, 5.41) is 21.4. The Balaban J connectivity index is 2.24. The maximum atomic E-state index is 10.4. The van der Waals surface area contributed by atoms with Crippen LogP contribution in [0.2, 0.25) is 10.0 Å². The summed E-state index contributed by atoms with van der Waals surface area (Å²) in [6.07, 6.45) is 2.63. The maximum Gasteiger partial charge on any atom is 0.190 e. The Bertz CT molecular complexity index is 803. The number of fused-ring (bicyclic) bond motifs is 2. The lowest BCUT2D eigenvalue weighted by Crippen LogP contribution is -2.06. The smallest absolute Gasteiger partial charge is 0.190 e. The highest BCUT2D eigenvalue weighted by Crippen LogP contribution is 2.57. The van der Waals surface area contributed by atoms with Gasteiger partial charge in [-0.2, -0.15) is 0 Å². The van der Waals surface area contributed by atoms with E-state index in [-0.39, 0.29) is 16.5 Å². The van der Waals surface area contributed by atoms with Crippen LogP contribution in [-0.4, -0.2) is 10.2 Å². The van der Waals surface area contributed by atoms with Gasteiger partial charge >= 0.3 is 0 Å². The molecule has 0 atom stereocenters. The van der Waals surface area contributed by atoms with Gasteiger partial charge in [0.1, 0.15) is 5.02 Å². The minimum absolute atomic E-state index is 0.147. The topological polar surface area (TPSA) is 58.9 Å². The Morgan fingerprint density at radius 2 is 1.38 bits per heavy atom. The van der Waals surface area contributed by atoms with Gasteiger partial charge in [-0.05, 0) is 25.0 Å². The van der Waals surface area contributed by atoms with E-state index in [1.165, 1.54) is 0 Å². The zero-order valence-corrected chi connectivity index (χ0v) is 15.0. The summed E-state index contributed by atoms with van der Waals surface area (Å²) in [7, 11) is 0. The highest BCUT2D eigenvalue weighted by molar-refractivity contribution is 6.43. The standard InChI is InChI=1S/C18H18Cl2O4/c1-3-5-9-14(21)15(22)10(6-4-2)17-16(9)23-12-8-7-11(19)13(20)18(12)24-17/h7-8,21-22H,3-6H2,1-2H3. The lowest BCUT2D eigenvalue weighted by atomic mass is 9.98. The quantitative estimate of drug-likeness (QED) is 0.537. The Hall–Kier alpha value is -1.78. The molecule has 0 unspecified atom stereocenters. The third kappa shape index (κ3) is 2.64. The van der Waals surface area contributed by atoms with Crippen molar-refractivity contribution in [3.63, 3.8) is 0 Å². The van der Waals surface area contributed by atoms with Crippen molar-refractivity contribution in [3.8, 4) is 34.5 Å². The van der Waals surface area contributed by atoms with Crippen LogP contribution in [-0.2, 0) is 12.8 Å². The Morgan fingerprint density at radius 3 is 1.92 bits per heavy atom. The van der Waals surface area contributed by atoms with E-state index in [2.05, 4.69) is 0 Å². The first-order valence-electron chi connectivity index (χ1n) is 7.92. The van der Waals surface area contributed by atoms with Crippen LogP contribution >= 0.6 is 23.2 Å². The first kappa shape index (κ1) is 17.1. The number of phenols is 2. The zero-order chi connectivity index (χ0) is 17.4. The Kier molecular flexibility index (Phi) is 4.70. The van der Waals surface area contributed by atoms with E-state index in [1.54, 1.807) is 12.1 Å². The van der Waals surface area contributed by atoms with Gasteiger partial charge in [0.05, 0.1) is 5.02 Å². The van der Waals surface area contributed by atoms with Crippen molar-refractivity contribution < 1.29 is 19.7 Å². The molecular formula is C18H18Cl2O4. The summed E-state index contributed by atoms with van der Waals surface area (Å²) in [5.41, 5.74) is 1.04. The van der Waals surface area contributed by atoms with E-state index < -0.39 is 0 Å². The highest BCUT2D eigenvalue weighted by Gasteiger charge is 2.31. The molecule has 1 heterocycles. The van der Waals surface area contributed by atoms with Crippen LogP contribution in [0.5, 0.6) is 34.5 Å². The second-order valence-electron chi connectivity index (χ2n) is 5.71. The number of hydrogen-bond acceptors (Lipinski definition) is 4. The van der Waals surface area contributed by atoms with E-state index >= 15 is 0 Å². The van der Waals surface area contributed by atoms with Crippen molar-refractivity contribution in [2.75, 3.05) is 0 Å². The van der Waals surface area contributed by atoms with E-state index in [0.29, 0.717) is 52.0 Å². The van der Waals surface area contributed by atoms with Crippen molar-refractivity contribution in [2.24, 2.45) is 0 Å². The molecule has 0 saturated heterocycles. The molecule has 0 amide bonds. The number of aromatic hydroxyl groups is 2. The second-order valence-corrected chi connectivity index (χ2v) is 6.49. The van der Waals surface area contributed by atoms with E-state index in [4.69, 9.17) is 32.7 Å². The lowest BCUT2D eigenvalue weighted by Gasteiger charge is -2.27. The molecule has 0 bridgehead atoms. The monoisotopic (exact) mass is 368 g/mol. The van der Waals surface area contributed by atoms with Crippen molar-refractivity contribution >= 4 is 23.2 Å². The molecule has 24 heavy (non-hydrogen) atoms. The molecule has 0 aliphatic carbocycles. The van der Waals surface area contributed by atoms with Gasteiger partial charge in [0.25, 0.3) is 0 Å². The summed E-state index contributed by atoms with van der Waals surface area (Å²) in [6, 6.07) is 3.30. The molecule has 0 radical (unpaired) electrons. The fourth-order valence-electron chi connectivity index (χ4n) is 2.86. The van der Waals surface area contributed by atoms with Gasteiger partial charge in [-0.3, -0.25) is 0 Å². The van der Waals surface area contributed by atoms with Gasteiger partial charge in [-0.15, -0.1) is 0 Å². The second kappa shape index (κ2) is 6.61. The van der Waals surface area contributed by atoms with E-state index in [9.17, 15) is 10.2 Å². The molecule has 2 aromatic rings. The molecule has 0 saturated carbocycles. The summed E-state index contributed by atoms with van der Waals surface area (Å²) >= 11 is 12.3. The molecule has 2 aromatic carbocycles. The van der Waals surface area contributed by atoms with Crippen LogP contribution in [0.3, 0.4) is 0 Å². The molecule has 4 nitrogen and oxygen atoms in total. The van der Waals surface area contributed by atoms with E-state index in [1.807, 2.05) is 13.8 Å². The number of phenolic OH excluding ortho intramolecular Hbond substituents is 2. The minimum atomic E-state index is -0.163. The third-order valence-electron chi connectivity index (χ3n) is 3.98. The fraction of sp³-hybridized carbons (Fsp3) is 0.333. The van der Waals surface area contributed by atoms with Gasteiger partial charge < -0.3 is 19.7 Å². The molecule has 1 aliphatic rings. The van der Waals surface area contributed by atoms with Crippen LogP contribution < -0.4 is 9.47 Å². The molecule has 1 aliphatic heterocycles. The minimum Gasteiger partial charge on any atom is -0.504 e. The van der Waals surface area contributed by atoms with Crippen LogP contribution in [0.25, 0.3) is 0 Å². The largest absolute Gasteiger partial charge is 0.504 e. The van der Waals surface area contributed by atoms with Gasteiger partial charge in [-0.1, -0.05) is 49.9 Å². The average molecular weight is 369 g/mol. The fourth-order valence-corrected chi connectivity index (χ4v) is 3.20. The first-order chi connectivity index (χ1) is 11.5. The van der Waals surface area contributed by atoms with Crippen LogP contribution in [0.15, 0.2) is 12.1 Å². The Labute approximate surface area is 150 Å². The third-order valence-corrected chi connectivity index (χ3v) is 4.77. The van der Waals surface area contributed by atoms with Crippen molar-refractivity contribution in [3.05, 3.63) is 33.3 Å². The van der Waals surface area contributed by atoms with Crippen molar-refractivity contribution in [1.29, 1.82) is 0 Å². The van der Waals surface area contributed by atoms with Gasteiger partial charge in [0.2, 0.25) is 0 Å². The number of halogens is 2. The van der Waals surface area contributed by atoms with Gasteiger partial charge in [0, 0.05) is 11.1 Å². The zero-order valence-electron chi connectivity index (χ0n) is 13.4. The van der Waals surface area contributed by atoms with Crippen LogP contribution in [0.4, 0.5) is 0 Å². The molecule has 2 N–H and O–H groups in total. The summed E-state index contributed by atoms with van der Waals surface area (Å²) in [6.45, 7) is 3.96. The Morgan fingerprint density at radius 1 is 0.833 bits per heavy atom.